The molecule has 7 heteroatoms. The van der Waals surface area contributed by atoms with E-state index in [0.717, 1.165) is 49.7 Å². The van der Waals surface area contributed by atoms with Crippen molar-refractivity contribution in [2.24, 2.45) is 0 Å². The van der Waals surface area contributed by atoms with Gasteiger partial charge in [-0.3, -0.25) is 0 Å². The molecule has 0 atom stereocenters. The van der Waals surface area contributed by atoms with E-state index in [2.05, 4.69) is 46.5 Å². The molecule has 0 fully saturated rings. The molecule has 2 aromatic heterocycles. The highest BCUT2D eigenvalue weighted by atomic mass is 32.1. The van der Waals surface area contributed by atoms with Gasteiger partial charge in [0.1, 0.15) is 5.82 Å². The summed E-state index contributed by atoms with van der Waals surface area (Å²) in [6.07, 6.45) is 1.83. The van der Waals surface area contributed by atoms with Crippen molar-refractivity contribution in [3.63, 3.8) is 0 Å². The van der Waals surface area contributed by atoms with Crippen molar-refractivity contribution in [2.45, 2.75) is 39.2 Å². The second kappa shape index (κ2) is 6.80. The van der Waals surface area contributed by atoms with Crippen LogP contribution in [0.2, 0.25) is 0 Å². The maximum atomic E-state index is 5.93. The maximum absolute atomic E-state index is 5.93. The second-order valence-electron chi connectivity index (χ2n) is 6.27. The van der Waals surface area contributed by atoms with Gasteiger partial charge in [-0.15, -0.1) is 11.3 Å². The summed E-state index contributed by atoms with van der Waals surface area (Å²) >= 11 is 1.72. The lowest BCUT2D eigenvalue weighted by molar-refractivity contribution is 0.708. The molecule has 3 rings (SSSR count). The first-order valence-corrected chi connectivity index (χ1v) is 8.94. The zero-order valence-electron chi connectivity index (χ0n) is 14.0. The fourth-order valence-electron chi connectivity index (χ4n) is 2.84. The van der Waals surface area contributed by atoms with Gasteiger partial charge >= 0.3 is 0 Å². The van der Waals surface area contributed by atoms with Crippen LogP contribution in [0.25, 0.3) is 0 Å². The number of hydrogen-bond acceptors (Lipinski definition) is 7. The van der Waals surface area contributed by atoms with Gasteiger partial charge in [-0.25, -0.2) is 9.97 Å². The Kier molecular flexibility index (Phi) is 4.77. The molecule has 3 N–H and O–H groups in total. The number of thiazole rings is 1. The Morgan fingerprint density at radius 1 is 1.26 bits per heavy atom. The summed E-state index contributed by atoms with van der Waals surface area (Å²) in [5, 5.41) is 6.72. The Bertz CT molecular complexity index is 681. The van der Waals surface area contributed by atoms with Gasteiger partial charge in [0, 0.05) is 36.9 Å². The average molecular weight is 332 g/mol. The van der Waals surface area contributed by atoms with Crippen molar-refractivity contribution >= 4 is 23.1 Å². The summed E-state index contributed by atoms with van der Waals surface area (Å²) in [4.78, 5) is 15.8. The normalized spacial score (nSPS) is 14.6. The number of nitrogens with one attached hydrogen (secondary N) is 1. The Morgan fingerprint density at radius 3 is 2.78 bits per heavy atom. The van der Waals surface area contributed by atoms with E-state index in [1.165, 1.54) is 10.6 Å². The molecule has 0 bridgehead atoms. The van der Waals surface area contributed by atoms with Crippen molar-refractivity contribution < 1.29 is 0 Å². The first-order chi connectivity index (χ1) is 11.0. The Balaban J connectivity index is 1.86. The third kappa shape index (κ3) is 3.61. The zero-order valence-corrected chi connectivity index (χ0v) is 14.8. The molecule has 1 aliphatic heterocycles. The molecule has 1 aliphatic rings. The number of rotatable bonds is 4. The SMILES string of the molecule is CC(C)c1nc(CN(C)c2nc(N)nc3c2CCNCC3)cs1. The summed E-state index contributed by atoms with van der Waals surface area (Å²) in [6.45, 7) is 6.97. The van der Waals surface area contributed by atoms with Crippen LogP contribution in [0.1, 0.15) is 41.7 Å². The summed E-state index contributed by atoms with van der Waals surface area (Å²) < 4.78 is 0. The molecular weight excluding hydrogens is 308 g/mol. The first-order valence-electron chi connectivity index (χ1n) is 8.06. The third-order valence-electron chi connectivity index (χ3n) is 4.00. The number of anilines is 2. The second-order valence-corrected chi connectivity index (χ2v) is 7.16. The zero-order chi connectivity index (χ0) is 16.4. The number of hydrogen-bond donors (Lipinski definition) is 2. The third-order valence-corrected chi connectivity index (χ3v) is 5.20. The first kappa shape index (κ1) is 16.1. The molecule has 0 radical (unpaired) electrons. The van der Waals surface area contributed by atoms with Crippen molar-refractivity contribution in [3.8, 4) is 0 Å². The van der Waals surface area contributed by atoms with Gasteiger partial charge in [0.25, 0.3) is 0 Å². The molecule has 23 heavy (non-hydrogen) atoms. The molecule has 3 heterocycles. The highest BCUT2D eigenvalue weighted by molar-refractivity contribution is 7.09. The van der Waals surface area contributed by atoms with Crippen LogP contribution in [0, 0.1) is 0 Å². The Morgan fingerprint density at radius 2 is 2.04 bits per heavy atom. The van der Waals surface area contributed by atoms with E-state index < -0.39 is 0 Å². The number of aromatic nitrogens is 3. The molecule has 0 saturated heterocycles. The quantitative estimate of drug-likeness (QED) is 0.891. The van der Waals surface area contributed by atoms with Crippen molar-refractivity contribution in [2.75, 3.05) is 30.8 Å². The average Bonchev–Trinajstić information content (AvgIpc) is 2.84. The van der Waals surface area contributed by atoms with E-state index in [0.29, 0.717) is 11.9 Å². The minimum absolute atomic E-state index is 0.355. The van der Waals surface area contributed by atoms with E-state index in [1.54, 1.807) is 11.3 Å². The number of nitrogen functional groups attached to an aromatic ring is 1. The molecule has 0 aromatic carbocycles. The van der Waals surface area contributed by atoms with Gasteiger partial charge in [0.2, 0.25) is 5.95 Å². The molecule has 0 saturated carbocycles. The van der Waals surface area contributed by atoms with Crippen LogP contribution < -0.4 is 16.0 Å². The van der Waals surface area contributed by atoms with Gasteiger partial charge in [0.15, 0.2) is 0 Å². The molecule has 2 aromatic rings. The summed E-state index contributed by atoms with van der Waals surface area (Å²) in [5.41, 5.74) is 9.30. The van der Waals surface area contributed by atoms with Gasteiger partial charge in [0.05, 0.1) is 22.9 Å². The molecule has 0 unspecified atom stereocenters. The molecule has 0 spiro atoms. The highest BCUT2D eigenvalue weighted by Crippen LogP contribution is 2.26. The molecule has 6 nitrogen and oxygen atoms in total. The predicted molar refractivity (Wildman–Crippen MR) is 95.0 cm³/mol. The fourth-order valence-corrected chi connectivity index (χ4v) is 3.66. The van der Waals surface area contributed by atoms with Crippen LogP contribution in [0.5, 0.6) is 0 Å². The van der Waals surface area contributed by atoms with E-state index in [4.69, 9.17) is 10.7 Å². The monoisotopic (exact) mass is 332 g/mol. The van der Waals surface area contributed by atoms with Gasteiger partial charge < -0.3 is 16.0 Å². The van der Waals surface area contributed by atoms with Crippen molar-refractivity contribution in [3.05, 3.63) is 27.3 Å². The molecule has 0 aliphatic carbocycles. The van der Waals surface area contributed by atoms with Crippen LogP contribution in [-0.4, -0.2) is 35.1 Å². The Hall–Kier alpha value is -1.73. The fraction of sp³-hybridized carbons (Fsp3) is 0.562. The minimum atomic E-state index is 0.355. The number of nitrogens with two attached hydrogens (primary N) is 1. The lowest BCUT2D eigenvalue weighted by Gasteiger charge is -2.21. The number of fused-ring (bicyclic) bond motifs is 1. The topological polar surface area (TPSA) is 80.0 Å². The van der Waals surface area contributed by atoms with E-state index >= 15 is 0 Å². The molecule has 0 amide bonds. The van der Waals surface area contributed by atoms with Crippen molar-refractivity contribution in [1.82, 2.24) is 20.3 Å². The van der Waals surface area contributed by atoms with Gasteiger partial charge in [-0.1, -0.05) is 13.8 Å². The van der Waals surface area contributed by atoms with Crippen LogP contribution >= 0.6 is 11.3 Å². The lowest BCUT2D eigenvalue weighted by Crippen LogP contribution is -2.22. The maximum Gasteiger partial charge on any atom is 0.222 e. The molecular formula is C16H24N6S. The van der Waals surface area contributed by atoms with E-state index in [1.807, 2.05) is 0 Å². The highest BCUT2D eigenvalue weighted by Gasteiger charge is 2.19. The van der Waals surface area contributed by atoms with Crippen LogP contribution in [0.4, 0.5) is 11.8 Å². The van der Waals surface area contributed by atoms with Gasteiger partial charge in [-0.2, -0.15) is 4.98 Å². The van der Waals surface area contributed by atoms with E-state index in [-0.39, 0.29) is 0 Å². The largest absolute Gasteiger partial charge is 0.368 e. The smallest absolute Gasteiger partial charge is 0.222 e. The summed E-state index contributed by atoms with van der Waals surface area (Å²) in [7, 11) is 2.05. The van der Waals surface area contributed by atoms with Crippen LogP contribution in [-0.2, 0) is 19.4 Å². The van der Waals surface area contributed by atoms with Gasteiger partial charge in [-0.05, 0) is 13.0 Å². The molecule has 124 valence electrons. The standard InChI is InChI=1S/C16H24N6S/c1-10(2)15-19-11(9-23-15)8-22(3)14-12-4-6-18-7-5-13(12)20-16(17)21-14/h9-10,18H,4-8H2,1-3H3,(H2,17,20,21). The minimum Gasteiger partial charge on any atom is -0.368 e. The van der Waals surface area contributed by atoms with E-state index in [9.17, 15) is 0 Å². The summed E-state index contributed by atoms with van der Waals surface area (Å²) in [5.74, 6) is 1.76. The van der Waals surface area contributed by atoms with Crippen LogP contribution in [0.3, 0.4) is 0 Å². The summed E-state index contributed by atoms with van der Waals surface area (Å²) in [6, 6.07) is 0. The predicted octanol–water partition coefficient (Wildman–Crippen LogP) is 1.96. The lowest BCUT2D eigenvalue weighted by atomic mass is 10.1. The van der Waals surface area contributed by atoms with Crippen LogP contribution in [0.15, 0.2) is 5.38 Å². The van der Waals surface area contributed by atoms with Crippen molar-refractivity contribution in [1.29, 1.82) is 0 Å². The Labute approximate surface area is 141 Å². The number of nitrogens with zero attached hydrogens (tertiary/aromatic N) is 4.